The summed E-state index contributed by atoms with van der Waals surface area (Å²) in [5, 5.41) is 9.58. The molecule has 1 aliphatic heterocycles. The van der Waals surface area contributed by atoms with E-state index in [0.29, 0.717) is 12.0 Å². The second-order valence-corrected chi connectivity index (χ2v) is 7.26. The highest BCUT2D eigenvalue weighted by atomic mass is 79.9. The van der Waals surface area contributed by atoms with Crippen LogP contribution in [0.15, 0.2) is 28.7 Å². The van der Waals surface area contributed by atoms with Gasteiger partial charge in [-0.05, 0) is 49.3 Å². The van der Waals surface area contributed by atoms with Gasteiger partial charge in [0.15, 0.2) is 0 Å². The number of hydrogen-bond donors (Lipinski definition) is 1. The number of benzene rings is 1. The van der Waals surface area contributed by atoms with E-state index in [1.165, 1.54) is 24.8 Å². The van der Waals surface area contributed by atoms with Gasteiger partial charge < -0.3 is 5.11 Å². The Labute approximate surface area is 134 Å². The van der Waals surface area contributed by atoms with E-state index in [0.717, 1.165) is 30.3 Å². The Morgan fingerprint density at radius 2 is 2.05 bits per heavy atom. The standard InChI is InChI=1S/C17H22BrNO2/c18-14-6-3-4-12(10-14)11-19-15-7-2-1-5-13(15)8-9-16(19)17(20)21/h3-4,6,10,13,15-16H,1-2,5,7-9,11H2,(H,20,21). The van der Waals surface area contributed by atoms with E-state index in [1.54, 1.807) is 0 Å². The van der Waals surface area contributed by atoms with Gasteiger partial charge in [-0.2, -0.15) is 0 Å². The molecular formula is C17H22BrNO2. The lowest BCUT2D eigenvalue weighted by Gasteiger charge is -2.47. The van der Waals surface area contributed by atoms with E-state index in [-0.39, 0.29) is 6.04 Å². The molecule has 0 spiro atoms. The van der Waals surface area contributed by atoms with E-state index in [1.807, 2.05) is 12.1 Å². The summed E-state index contributed by atoms with van der Waals surface area (Å²) in [6.45, 7) is 0.748. The van der Waals surface area contributed by atoms with Crippen molar-refractivity contribution in [2.45, 2.75) is 57.2 Å². The van der Waals surface area contributed by atoms with Gasteiger partial charge in [0, 0.05) is 17.1 Å². The number of fused-ring (bicyclic) bond motifs is 1. The van der Waals surface area contributed by atoms with E-state index in [4.69, 9.17) is 0 Å². The van der Waals surface area contributed by atoms with Crippen LogP contribution in [0.3, 0.4) is 0 Å². The molecule has 1 aliphatic carbocycles. The number of likely N-dealkylation sites (tertiary alicyclic amines) is 1. The van der Waals surface area contributed by atoms with E-state index in [2.05, 4.69) is 33.0 Å². The molecule has 4 heteroatoms. The highest BCUT2D eigenvalue weighted by molar-refractivity contribution is 9.10. The predicted molar refractivity (Wildman–Crippen MR) is 86.1 cm³/mol. The lowest BCUT2D eigenvalue weighted by molar-refractivity contribution is -0.148. The van der Waals surface area contributed by atoms with Crippen molar-refractivity contribution in [1.82, 2.24) is 4.90 Å². The van der Waals surface area contributed by atoms with Gasteiger partial charge in [-0.25, -0.2) is 0 Å². The first kappa shape index (κ1) is 15.0. The van der Waals surface area contributed by atoms with Crippen molar-refractivity contribution < 1.29 is 9.90 Å². The van der Waals surface area contributed by atoms with Gasteiger partial charge in [0.2, 0.25) is 0 Å². The van der Waals surface area contributed by atoms with Crippen molar-refractivity contribution in [1.29, 1.82) is 0 Å². The number of rotatable bonds is 3. The molecule has 1 aromatic carbocycles. The Hall–Kier alpha value is -0.870. The number of nitrogens with zero attached hydrogens (tertiary/aromatic N) is 1. The maximum Gasteiger partial charge on any atom is 0.320 e. The molecule has 0 aromatic heterocycles. The molecule has 3 unspecified atom stereocenters. The zero-order valence-corrected chi connectivity index (χ0v) is 13.8. The van der Waals surface area contributed by atoms with Crippen molar-refractivity contribution in [3.63, 3.8) is 0 Å². The predicted octanol–water partition coefficient (Wildman–Crippen LogP) is 4.06. The molecule has 0 radical (unpaired) electrons. The van der Waals surface area contributed by atoms with Gasteiger partial charge in [-0.15, -0.1) is 0 Å². The molecule has 3 nitrogen and oxygen atoms in total. The van der Waals surface area contributed by atoms with Crippen LogP contribution in [0.2, 0.25) is 0 Å². The molecule has 1 N–H and O–H groups in total. The zero-order valence-electron chi connectivity index (χ0n) is 12.2. The SMILES string of the molecule is O=C(O)C1CCC2CCCCC2N1Cc1cccc(Br)c1. The second-order valence-electron chi connectivity index (χ2n) is 6.35. The number of aliphatic carboxylic acids is 1. The average Bonchev–Trinajstić information content (AvgIpc) is 2.47. The fraction of sp³-hybridized carbons (Fsp3) is 0.588. The maximum atomic E-state index is 11.6. The van der Waals surface area contributed by atoms with Crippen LogP contribution in [-0.4, -0.2) is 28.1 Å². The van der Waals surface area contributed by atoms with Gasteiger partial charge in [0.25, 0.3) is 0 Å². The maximum absolute atomic E-state index is 11.6. The van der Waals surface area contributed by atoms with Crippen molar-refractivity contribution in [2.75, 3.05) is 0 Å². The van der Waals surface area contributed by atoms with Crippen LogP contribution >= 0.6 is 15.9 Å². The highest BCUT2D eigenvalue weighted by Gasteiger charge is 2.41. The number of carboxylic acid groups (broad SMARTS) is 1. The van der Waals surface area contributed by atoms with Crippen LogP contribution in [0.5, 0.6) is 0 Å². The Kier molecular flexibility index (Phi) is 4.65. The van der Waals surface area contributed by atoms with Gasteiger partial charge in [-0.3, -0.25) is 9.69 Å². The third-order valence-electron chi connectivity index (χ3n) is 5.05. The monoisotopic (exact) mass is 351 g/mol. The molecule has 0 bridgehead atoms. The molecule has 1 aromatic rings. The molecular weight excluding hydrogens is 330 g/mol. The molecule has 114 valence electrons. The van der Waals surface area contributed by atoms with Crippen LogP contribution in [-0.2, 0) is 11.3 Å². The van der Waals surface area contributed by atoms with Crippen LogP contribution in [0.25, 0.3) is 0 Å². The normalized spacial score (nSPS) is 29.9. The summed E-state index contributed by atoms with van der Waals surface area (Å²) < 4.78 is 1.06. The van der Waals surface area contributed by atoms with Gasteiger partial charge >= 0.3 is 5.97 Å². The summed E-state index contributed by atoms with van der Waals surface area (Å²) in [4.78, 5) is 13.9. The van der Waals surface area contributed by atoms with Crippen molar-refractivity contribution in [2.24, 2.45) is 5.92 Å². The third-order valence-corrected chi connectivity index (χ3v) is 5.54. The Balaban J connectivity index is 1.83. The van der Waals surface area contributed by atoms with Crippen LogP contribution in [0.1, 0.15) is 44.1 Å². The summed E-state index contributed by atoms with van der Waals surface area (Å²) in [7, 11) is 0. The fourth-order valence-electron chi connectivity index (χ4n) is 4.07. The van der Waals surface area contributed by atoms with Crippen LogP contribution in [0, 0.1) is 5.92 Å². The van der Waals surface area contributed by atoms with Crippen LogP contribution < -0.4 is 0 Å². The number of carbonyl (C=O) groups is 1. The molecule has 21 heavy (non-hydrogen) atoms. The summed E-state index contributed by atoms with van der Waals surface area (Å²) >= 11 is 3.51. The summed E-state index contributed by atoms with van der Waals surface area (Å²) in [5.74, 6) is 0.0375. The van der Waals surface area contributed by atoms with Crippen LogP contribution in [0.4, 0.5) is 0 Å². The van der Waals surface area contributed by atoms with Crippen molar-refractivity contribution >= 4 is 21.9 Å². The molecule has 3 rings (SSSR count). The molecule has 1 saturated carbocycles. The zero-order chi connectivity index (χ0) is 14.8. The lowest BCUT2D eigenvalue weighted by atomic mass is 9.76. The first-order valence-electron chi connectivity index (χ1n) is 7.88. The Bertz CT molecular complexity index is 519. The molecule has 2 fully saturated rings. The quantitative estimate of drug-likeness (QED) is 0.892. The first-order chi connectivity index (χ1) is 10.1. The second kappa shape index (κ2) is 6.49. The third kappa shape index (κ3) is 3.32. The fourth-order valence-corrected chi connectivity index (χ4v) is 4.52. The summed E-state index contributed by atoms with van der Waals surface area (Å²) in [6.07, 6.45) is 6.85. The molecule has 1 heterocycles. The van der Waals surface area contributed by atoms with Crippen molar-refractivity contribution in [3.05, 3.63) is 34.3 Å². The Morgan fingerprint density at radius 3 is 2.81 bits per heavy atom. The average molecular weight is 352 g/mol. The van der Waals surface area contributed by atoms with E-state index in [9.17, 15) is 9.90 Å². The minimum Gasteiger partial charge on any atom is -0.480 e. The summed E-state index contributed by atoms with van der Waals surface area (Å²) in [5.41, 5.74) is 1.20. The largest absolute Gasteiger partial charge is 0.480 e. The number of carboxylic acids is 1. The topological polar surface area (TPSA) is 40.5 Å². The minimum atomic E-state index is -0.658. The van der Waals surface area contributed by atoms with Gasteiger partial charge in [0.05, 0.1) is 0 Å². The smallest absolute Gasteiger partial charge is 0.320 e. The number of halogens is 1. The highest BCUT2D eigenvalue weighted by Crippen LogP contribution is 2.38. The van der Waals surface area contributed by atoms with Gasteiger partial charge in [-0.1, -0.05) is 40.9 Å². The number of piperidine rings is 1. The first-order valence-corrected chi connectivity index (χ1v) is 8.67. The summed E-state index contributed by atoms with van der Waals surface area (Å²) in [6, 6.07) is 8.37. The molecule has 2 aliphatic rings. The molecule has 3 atom stereocenters. The van der Waals surface area contributed by atoms with Crippen molar-refractivity contribution in [3.8, 4) is 0 Å². The van der Waals surface area contributed by atoms with E-state index >= 15 is 0 Å². The molecule has 0 amide bonds. The van der Waals surface area contributed by atoms with Gasteiger partial charge in [0.1, 0.15) is 6.04 Å². The molecule has 1 saturated heterocycles. The Morgan fingerprint density at radius 1 is 1.24 bits per heavy atom. The number of hydrogen-bond acceptors (Lipinski definition) is 2. The lowest BCUT2D eigenvalue weighted by Crippen LogP contribution is -2.54. The minimum absolute atomic E-state index is 0.316. The van der Waals surface area contributed by atoms with E-state index < -0.39 is 5.97 Å².